The fourth-order valence-electron chi connectivity index (χ4n) is 3.97. The predicted octanol–water partition coefficient (Wildman–Crippen LogP) is 3.01. The summed E-state index contributed by atoms with van der Waals surface area (Å²) >= 11 is 1.82. The third-order valence-corrected chi connectivity index (χ3v) is 6.03. The Labute approximate surface area is 152 Å². The lowest BCUT2D eigenvalue weighted by molar-refractivity contribution is -0.118. The van der Waals surface area contributed by atoms with Crippen molar-refractivity contribution in [2.24, 2.45) is 11.8 Å². The molecule has 6 heteroatoms. The zero-order valence-electron chi connectivity index (χ0n) is 14.1. The van der Waals surface area contributed by atoms with Crippen LogP contribution >= 0.6 is 11.3 Å². The smallest absolute Gasteiger partial charge is 0.227 e. The van der Waals surface area contributed by atoms with Crippen LogP contribution in [0.5, 0.6) is 0 Å². The van der Waals surface area contributed by atoms with Gasteiger partial charge in [-0.3, -0.25) is 14.7 Å². The molecule has 2 aromatic heterocycles. The number of nitrogens with one attached hydrogen (secondary N) is 1. The van der Waals surface area contributed by atoms with Crippen LogP contribution in [0, 0.1) is 11.8 Å². The number of piperidine rings is 1. The van der Waals surface area contributed by atoms with Crippen molar-refractivity contribution in [2.75, 3.05) is 25.0 Å². The van der Waals surface area contributed by atoms with Gasteiger partial charge in [-0.05, 0) is 42.5 Å². The molecule has 2 aliphatic heterocycles. The molecule has 4 rings (SSSR count). The standard InChI is InChI=1S/C19H23N3O2S/c23-19(21-15-3-1-6-20-10-15)9-18-17-5-7-22(11-14(17)13-24-18)12-16-4-2-8-25-16/h1-4,6,8,10,14,17-18H,5,7,9,11-13H2,(H,21,23)/t14-,17-,18+/m1/s1. The molecule has 0 radical (unpaired) electrons. The van der Waals surface area contributed by atoms with Crippen LogP contribution in [-0.2, 0) is 16.1 Å². The Balaban J connectivity index is 1.29. The fraction of sp³-hybridized carbons (Fsp3) is 0.474. The summed E-state index contributed by atoms with van der Waals surface area (Å²) in [5.74, 6) is 1.06. The summed E-state index contributed by atoms with van der Waals surface area (Å²) in [7, 11) is 0. The average Bonchev–Trinajstić information content (AvgIpc) is 3.26. The van der Waals surface area contributed by atoms with E-state index in [1.165, 1.54) is 4.88 Å². The number of hydrogen-bond donors (Lipinski definition) is 1. The minimum atomic E-state index is 0.0136. The number of amides is 1. The largest absolute Gasteiger partial charge is 0.377 e. The van der Waals surface area contributed by atoms with Crippen molar-refractivity contribution in [3.8, 4) is 0 Å². The number of pyridine rings is 1. The van der Waals surface area contributed by atoms with Gasteiger partial charge in [0.05, 0.1) is 31.0 Å². The number of fused-ring (bicyclic) bond motifs is 1. The summed E-state index contributed by atoms with van der Waals surface area (Å²) in [4.78, 5) is 20.3. The van der Waals surface area contributed by atoms with E-state index < -0.39 is 0 Å². The van der Waals surface area contributed by atoms with E-state index in [1.54, 1.807) is 12.4 Å². The van der Waals surface area contributed by atoms with E-state index in [0.29, 0.717) is 18.3 Å². The van der Waals surface area contributed by atoms with Gasteiger partial charge in [0.2, 0.25) is 5.91 Å². The molecule has 25 heavy (non-hydrogen) atoms. The zero-order valence-corrected chi connectivity index (χ0v) is 15.0. The van der Waals surface area contributed by atoms with Crippen molar-refractivity contribution in [2.45, 2.75) is 25.5 Å². The predicted molar refractivity (Wildman–Crippen MR) is 98.4 cm³/mol. The lowest BCUT2D eigenvalue weighted by atomic mass is 9.83. The molecule has 4 heterocycles. The molecule has 2 aromatic rings. The minimum Gasteiger partial charge on any atom is -0.377 e. The number of aromatic nitrogens is 1. The zero-order chi connectivity index (χ0) is 17.1. The molecule has 2 aliphatic rings. The number of likely N-dealkylation sites (tertiary alicyclic amines) is 1. The average molecular weight is 357 g/mol. The maximum absolute atomic E-state index is 12.3. The van der Waals surface area contributed by atoms with Gasteiger partial charge in [0.25, 0.3) is 0 Å². The molecular weight excluding hydrogens is 334 g/mol. The van der Waals surface area contributed by atoms with Crippen molar-refractivity contribution in [3.63, 3.8) is 0 Å². The van der Waals surface area contributed by atoms with Crippen molar-refractivity contribution in [3.05, 3.63) is 46.9 Å². The van der Waals surface area contributed by atoms with Crippen molar-refractivity contribution in [1.29, 1.82) is 0 Å². The summed E-state index contributed by atoms with van der Waals surface area (Å²) < 4.78 is 5.99. The van der Waals surface area contributed by atoms with E-state index in [2.05, 4.69) is 32.7 Å². The second-order valence-corrected chi connectivity index (χ2v) is 7.93. The third-order valence-electron chi connectivity index (χ3n) is 5.17. The Hall–Kier alpha value is -1.76. The van der Waals surface area contributed by atoms with Crippen molar-refractivity contribution in [1.82, 2.24) is 9.88 Å². The van der Waals surface area contributed by atoms with Gasteiger partial charge in [0.1, 0.15) is 0 Å². The number of carbonyl (C=O) groups excluding carboxylic acids is 1. The summed E-state index contributed by atoms with van der Waals surface area (Å²) in [6.07, 6.45) is 4.95. The normalized spacial score (nSPS) is 26.3. The molecule has 132 valence electrons. The lowest BCUT2D eigenvalue weighted by Gasteiger charge is -2.35. The number of carbonyl (C=O) groups is 1. The van der Waals surface area contributed by atoms with Crippen LogP contribution in [-0.4, -0.2) is 41.6 Å². The molecule has 2 saturated heterocycles. The van der Waals surface area contributed by atoms with Gasteiger partial charge >= 0.3 is 0 Å². The Bertz CT molecular complexity index is 692. The summed E-state index contributed by atoms with van der Waals surface area (Å²) in [5, 5.41) is 5.05. The highest BCUT2D eigenvalue weighted by Gasteiger charge is 2.41. The Kier molecular flexibility index (Phi) is 5.10. The van der Waals surface area contributed by atoms with Crippen LogP contribution in [0.4, 0.5) is 5.69 Å². The SMILES string of the molecule is O=C(C[C@@H]1OC[C@H]2CN(Cc3cccs3)CC[C@H]21)Nc1cccnc1. The molecule has 5 nitrogen and oxygen atoms in total. The molecule has 0 spiro atoms. The molecule has 0 unspecified atom stereocenters. The van der Waals surface area contributed by atoms with E-state index >= 15 is 0 Å². The van der Waals surface area contributed by atoms with E-state index in [0.717, 1.165) is 38.3 Å². The quantitative estimate of drug-likeness (QED) is 0.894. The number of ether oxygens (including phenoxy) is 1. The molecule has 1 amide bonds. The van der Waals surface area contributed by atoms with Crippen LogP contribution in [0.1, 0.15) is 17.7 Å². The second kappa shape index (κ2) is 7.64. The number of nitrogens with zero attached hydrogens (tertiary/aromatic N) is 2. The first kappa shape index (κ1) is 16.7. The fourth-order valence-corrected chi connectivity index (χ4v) is 4.72. The molecule has 3 atom stereocenters. The summed E-state index contributed by atoms with van der Waals surface area (Å²) in [6.45, 7) is 3.97. The number of anilines is 1. The van der Waals surface area contributed by atoms with Gasteiger partial charge in [0, 0.05) is 30.1 Å². The van der Waals surface area contributed by atoms with Crippen LogP contribution in [0.2, 0.25) is 0 Å². The maximum Gasteiger partial charge on any atom is 0.227 e. The molecule has 2 fully saturated rings. The van der Waals surface area contributed by atoms with Gasteiger partial charge in [-0.2, -0.15) is 0 Å². The first-order valence-electron chi connectivity index (χ1n) is 8.84. The molecule has 0 aromatic carbocycles. The van der Waals surface area contributed by atoms with Crippen LogP contribution in [0.3, 0.4) is 0 Å². The van der Waals surface area contributed by atoms with E-state index in [1.807, 2.05) is 23.5 Å². The molecule has 0 aliphatic carbocycles. The molecule has 1 N–H and O–H groups in total. The molecule has 0 saturated carbocycles. The van der Waals surface area contributed by atoms with Gasteiger partial charge < -0.3 is 10.1 Å². The van der Waals surface area contributed by atoms with E-state index in [9.17, 15) is 4.79 Å². The van der Waals surface area contributed by atoms with Crippen LogP contribution in [0.25, 0.3) is 0 Å². The first-order valence-corrected chi connectivity index (χ1v) is 9.72. The highest BCUT2D eigenvalue weighted by atomic mass is 32.1. The summed E-state index contributed by atoms with van der Waals surface area (Å²) in [5.41, 5.74) is 0.743. The second-order valence-electron chi connectivity index (χ2n) is 6.89. The molecular formula is C19H23N3O2S. The lowest BCUT2D eigenvalue weighted by Crippen LogP contribution is -2.41. The van der Waals surface area contributed by atoms with Crippen molar-refractivity contribution >= 4 is 22.9 Å². The van der Waals surface area contributed by atoms with Crippen LogP contribution in [0.15, 0.2) is 42.0 Å². The number of hydrogen-bond acceptors (Lipinski definition) is 5. The molecule has 0 bridgehead atoms. The number of thiophene rings is 1. The first-order chi connectivity index (χ1) is 12.3. The van der Waals surface area contributed by atoms with Gasteiger partial charge in [-0.15, -0.1) is 11.3 Å². The van der Waals surface area contributed by atoms with Gasteiger partial charge in [-0.25, -0.2) is 0 Å². The van der Waals surface area contributed by atoms with Gasteiger partial charge in [-0.1, -0.05) is 6.07 Å². The number of rotatable bonds is 5. The maximum atomic E-state index is 12.3. The Morgan fingerprint density at radius 2 is 2.36 bits per heavy atom. The van der Waals surface area contributed by atoms with Crippen LogP contribution < -0.4 is 5.32 Å². The third kappa shape index (κ3) is 4.08. The monoisotopic (exact) mass is 357 g/mol. The van der Waals surface area contributed by atoms with Gasteiger partial charge in [0.15, 0.2) is 0 Å². The highest BCUT2D eigenvalue weighted by Crippen LogP contribution is 2.36. The van der Waals surface area contributed by atoms with Crippen molar-refractivity contribution < 1.29 is 9.53 Å². The highest BCUT2D eigenvalue weighted by molar-refractivity contribution is 7.09. The summed E-state index contributed by atoms with van der Waals surface area (Å²) in [6, 6.07) is 7.99. The van der Waals surface area contributed by atoms with E-state index in [4.69, 9.17) is 4.74 Å². The Morgan fingerprint density at radius 1 is 1.40 bits per heavy atom. The minimum absolute atomic E-state index is 0.0136. The Morgan fingerprint density at radius 3 is 3.16 bits per heavy atom. The topological polar surface area (TPSA) is 54.5 Å². The van der Waals surface area contributed by atoms with E-state index in [-0.39, 0.29) is 12.0 Å².